The van der Waals surface area contributed by atoms with Crippen LogP contribution in [0.3, 0.4) is 0 Å². The maximum absolute atomic E-state index is 13.4. The summed E-state index contributed by atoms with van der Waals surface area (Å²) >= 11 is 0. The van der Waals surface area contributed by atoms with Gasteiger partial charge in [0.2, 0.25) is 0 Å². The molecule has 26 heavy (non-hydrogen) atoms. The number of hydrogen-bond acceptors (Lipinski definition) is 3. The third-order valence-electron chi connectivity index (χ3n) is 4.17. The van der Waals surface area contributed by atoms with Crippen molar-refractivity contribution < 1.29 is 9.50 Å². The van der Waals surface area contributed by atoms with Crippen molar-refractivity contribution in [3.63, 3.8) is 0 Å². The van der Waals surface area contributed by atoms with Crippen molar-refractivity contribution in [2.75, 3.05) is 26.2 Å². The fraction of sp³-hybridized carbons (Fsp3) is 0.632. The summed E-state index contributed by atoms with van der Waals surface area (Å²) in [5, 5.41) is 15.9. The van der Waals surface area contributed by atoms with Crippen molar-refractivity contribution in [3.8, 4) is 5.75 Å². The van der Waals surface area contributed by atoms with E-state index < -0.39 is 5.82 Å². The Kier molecular flexibility index (Phi) is 13.4. The van der Waals surface area contributed by atoms with Crippen molar-refractivity contribution >= 4 is 29.9 Å². The van der Waals surface area contributed by atoms with Gasteiger partial charge in [-0.3, -0.25) is 0 Å². The summed E-state index contributed by atoms with van der Waals surface area (Å²) in [5.74, 6) is -0.221. The van der Waals surface area contributed by atoms with Crippen LogP contribution in [-0.2, 0) is 6.54 Å². The monoisotopic (exact) mass is 480 g/mol. The average molecular weight is 480 g/mol. The highest BCUT2D eigenvalue weighted by Gasteiger charge is 2.07. The molecule has 0 amide bonds. The van der Waals surface area contributed by atoms with E-state index in [1.54, 1.807) is 6.07 Å². The Balaban J connectivity index is 0.00000625. The van der Waals surface area contributed by atoms with Crippen LogP contribution in [0.2, 0.25) is 0 Å². The van der Waals surface area contributed by atoms with E-state index in [1.165, 1.54) is 12.1 Å². The number of nitrogens with one attached hydrogen (secondary N) is 2. The number of aliphatic imine (C=N–C) groups is 1. The molecule has 0 spiro atoms. The molecule has 150 valence electrons. The first-order valence-corrected chi connectivity index (χ1v) is 9.24. The Labute approximate surface area is 174 Å². The number of phenols is 1. The fourth-order valence-corrected chi connectivity index (χ4v) is 2.61. The number of benzene rings is 1. The van der Waals surface area contributed by atoms with Crippen molar-refractivity contribution in [2.24, 2.45) is 4.99 Å². The highest BCUT2D eigenvalue weighted by atomic mass is 127. The lowest BCUT2D eigenvalue weighted by Crippen LogP contribution is -2.42. The van der Waals surface area contributed by atoms with Gasteiger partial charge in [0.1, 0.15) is 0 Å². The second-order valence-corrected chi connectivity index (χ2v) is 6.20. The van der Waals surface area contributed by atoms with Crippen LogP contribution >= 0.6 is 24.0 Å². The van der Waals surface area contributed by atoms with Crippen molar-refractivity contribution in [1.29, 1.82) is 0 Å². The molecule has 7 heteroatoms. The number of guanidine groups is 1. The molecule has 1 aromatic rings. The Morgan fingerprint density at radius 3 is 2.54 bits per heavy atom. The molecule has 1 atom stereocenters. The minimum absolute atomic E-state index is 0. The van der Waals surface area contributed by atoms with E-state index in [0.717, 1.165) is 50.5 Å². The molecule has 0 saturated carbocycles. The van der Waals surface area contributed by atoms with Crippen molar-refractivity contribution in [2.45, 2.75) is 53.1 Å². The molecule has 0 fully saturated rings. The third-order valence-corrected chi connectivity index (χ3v) is 4.17. The van der Waals surface area contributed by atoms with Gasteiger partial charge in [-0.2, -0.15) is 0 Å². The van der Waals surface area contributed by atoms with E-state index in [2.05, 4.69) is 41.3 Å². The molecular weight excluding hydrogens is 446 g/mol. The van der Waals surface area contributed by atoms with E-state index >= 15 is 0 Å². The zero-order chi connectivity index (χ0) is 18.7. The van der Waals surface area contributed by atoms with E-state index in [0.29, 0.717) is 12.6 Å². The highest BCUT2D eigenvalue weighted by Crippen LogP contribution is 2.16. The highest BCUT2D eigenvalue weighted by molar-refractivity contribution is 14.0. The Morgan fingerprint density at radius 2 is 1.96 bits per heavy atom. The normalized spacial score (nSPS) is 12.6. The number of aromatic hydroxyl groups is 1. The molecule has 1 aromatic carbocycles. The van der Waals surface area contributed by atoms with Crippen LogP contribution < -0.4 is 10.6 Å². The molecule has 0 aliphatic rings. The minimum atomic E-state index is -0.615. The Bertz CT molecular complexity index is 538. The maximum Gasteiger partial charge on any atom is 0.191 e. The van der Waals surface area contributed by atoms with Gasteiger partial charge in [-0.25, -0.2) is 9.38 Å². The van der Waals surface area contributed by atoms with Crippen molar-refractivity contribution in [3.05, 3.63) is 29.6 Å². The zero-order valence-corrected chi connectivity index (χ0v) is 18.7. The molecular formula is C19H34FIN4O. The number of hydrogen-bond donors (Lipinski definition) is 3. The smallest absolute Gasteiger partial charge is 0.191 e. The van der Waals surface area contributed by atoms with Crippen molar-refractivity contribution in [1.82, 2.24) is 15.5 Å². The molecule has 5 nitrogen and oxygen atoms in total. The van der Waals surface area contributed by atoms with Crippen LogP contribution in [0.15, 0.2) is 23.2 Å². The average Bonchev–Trinajstić information content (AvgIpc) is 2.59. The van der Waals surface area contributed by atoms with Crippen LogP contribution in [0.5, 0.6) is 5.75 Å². The van der Waals surface area contributed by atoms with Crippen LogP contribution in [0.4, 0.5) is 4.39 Å². The molecule has 0 radical (unpaired) electrons. The summed E-state index contributed by atoms with van der Waals surface area (Å²) in [7, 11) is 0. The third kappa shape index (κ3) is 9.56. The first kappa shape index (κ1) is 24.9. The Hall–Kier alpha value is -1.09. The lowest BCUT2D eigenvalue weighted by atomic mass is 10.2. The lowest BCUT2D eigenvalue weighted by molar-refractivity contribution is 0.292. The molecule has 1 unspecified atom stereocenters. The van der Waals surface area contributed by atoms with Gasteiger partial charge in [-0.15, -0.1) is 24.0 Å². The number of nitrogens with zero attached hydrogens (tertiary/aromatic N) is 2. The molecule has 0 aromatic heterocycles. The molecule has 0 bridgehead atoms. The maximum atomic E-state index is 13.4. The van der Waals surface area contributed by atoms with E-state index in [4.69, 9.17) is 0 Å². The van der Waals surface area contributed by atoms with Gasteiger partial charge in [0.15, 0.2) is 17.5 Å². The first-order valence-electron chi connectivity index (χ1n) is 9.24. The molecule has 0 aliphatic carbocycles. The quantitative estimate of drug-likeness (QED) is 0.272. The predicted molar refractivity (Wildman–Crippen MR) is 118 cm³/mol. The summed E-state index contributed by atoms with van der Waals surface area (Å²) in [4.78, 5) is 6.93. The number of halogens is 2. The predicted octanol–water partition coefficient (Wildman–Crippen LogP) is 3.71. The molecule has 0 aliphatic heterocycles. The second kappa shape index (κ2) is 14.0. The van der Waals surface area contributed by atoms with Gasteiger partial charge >= 0.3 is 0 Å². The van der Waals surface area contributed by atoms with Crippen LogP contribution in [0.1, 0.15) is 46.1 Å². The van der Waals surface area contributed by atoms with Crippen LogP contribution in [0.25, 0.3) is 0 Å². The molecule has 1 rings (SSSR count). The summed E-state index contributed by atoms with van der Waals surface area (Å²) in [5.41, 5.74) is 0.724. The topological polar surface area (TPSA) is 59.9 Å². The number of rotatable bonds is 10. The summed E-state index contributed by atoms with van der Waals surface area (Å²) < 4.78 is 13.4. The Morgan fingerprint density at radius 1 is 1.27 bits per heavy atom. The van der Waals surface area contributed by atoms with Gasteiger partial charge in [0.05, 0.1) is 6.54 Å². The van der Waals surface area contributed by atoms with Gasteiger partial charge < -0.3 is 20.6 Å². The second-order valence-electron chi connectivity index (χ2n) is 6.20. The molecule has 3 N–H and O–H groups in total. The van der Waals surface area contributed by atoms with Gasteiger partial charge in [-0.1, -0.05) is 19.9 Å². The lowest BCUT2D eigenvalue weighted by Gasteiger charge is -2.21. The largest absolute Gasteiger partial charge is 0.505 e. The van der Waals surface area contributed by atoms with E-state index in [-0.39, 0.29) is 29.7 Å². The van der Waals surface area contributed by atoms with Crippen LogP contribution in [-0.4, -0.2) is 48.2 Å². The standard InChI is InChI=1S/C19H33FN4O.HI/c1-5-21-19(22-14-16-10-11-18(25)17(20)13-16)23-15(4)9-8-12-24(6-2)7-3;/h10-11,13,15,25H,5-9,12,14H2,1-4H3,(H2,21,22,23);1H. The van der Waals surface area contributed by atoms with Gasteiger partial charge in [-0.05, 0) is 64.0 Å². The fourth-order valence-electron chi connectivity index (χ4n) is 2.61. The minimum Gasteiger partial charge on any atom is -0.505 e. The SMILES string of the molecule is CCNC(=NCc1ccc(O)c(F)c1)NC(C)CCCN(CC)CC.I. The van der Waals surface area contributed by atoms with Gasteiger partial charge in [0, 0.05) is 12.6 Å². The summed E-state index contributed by atoms with van der Waals surface area (Å²) in [6.45, 7) is 13.0. The van der Waals surface area contributed by atoms with E-state index in [1.807, 2.05) is 6.92 Å². The summed E-state index contributed by atoms with van der Waals surface area (Å²) in [6, 6.07) is 4.66. The van der Waals surface area contributed by atoms with Crippen LogP contribution in [0, 0.1) is 5.82 Å². The van der Waals surface area contributed by atoms with Gasteiger partial charge in [0.25, 0.3) is 0 Å². The van der Waals surface area contributed by atoms with E-state index in [9.17, 15) is 9.50 Å². The molecule has 0 saturated heterocycles. The molecule has 0 heterocycles. The zero-order valence-electron chi connectivity index (χ0n) is 16.4. The number of phenolic OH excluding ortho intramolecular Hbond substituents is 1. The first-order chi connectivity index (χ1) is 12.0. The summed E-state index contributed by atoms with van der Waals surface area (Å²) in [6.07, 6.45) is 2.20.